The number of carbonyl (C=O) groups excluding carboxylic acids is 1. The lowest BCUT2D eigenvalue weighted by Gasteiger charge is -2.36. The van der Waals surface area contributed by atoms with E-state index in [-0.39, 0.29) is 11.9 Å². The van der Waals surface area contributed by atoms with E-state index in [4.69, 9.17) is 17.3 Å². The molecule has 1 aliphatic rings. The Hall–Kier alpha value is -1.47. The Bertz CT molecular complexity index is 690. The van der Waals surface area contributed by atoms with Gasteiger partial charge in [-0.1, -0.05) is 23.7 Å². The maximum absolute atomic E-state index is 12.9. The summed E-state index contributed by atoms with van der Waals surface area (Å²) in [5.74, 6) is -0.0315. The molecule has 0 spiro atoms. The molecule has 1 aromatic heterocycles. The van der Waals surface area contributed by atoms with E-state index in [0.717, 1.165) is 17.1 Å². The number of thiazole rings is 1. The predicted molar refractivity (Wildman–Crippen MR) is 93.0 cm³/mol. The Morgan fingerprint density at radius 3 is 3.17 bits per heavy atom. The van der Waals surface area contributed by atoms with Crippen LogP contribution in [0.4, 0.5) is 0 Å². The van der Waals surface area contributed by atoms with Crippen molar-refractivity contribution in [1.82, 2.24) is 15.2 Å². The fourth-order valence-electron chi connectivity index (χ4n) is 2.75. The van der Waals surface area contributed by atoms with Gasteiger partial charge in [0, 0.05) is 36.5 Å². The van der Waals surface area contributed by atoms with Crippen LogP contribution in [0.2, 0.25) is 5.02 Å². The molecule has 3 N–H and O–H groups in total. The van der Waals surface area contributed by atoms with Crippen LogP contribution in [0, 0.1) is 0 Å². The zero-order valence-corrected chi connectivity index (χ0v) is 14.2. The third kappa shape index (κ3) is 3.72. The summed E-state index contributed by atoms with van der Waals surface area (Å²) in [5.41, 5.74) is 7.10. The molecule has 1 unspecified atom stereocenters. The molecule has 1 aliphatic heterocycles. The summed E-state index contributed by atoms with van der Waals surface area (Å²) in [4.78, 5) is 19.2. The van der Waals surface area contributed by atoms with Crippen molar-refractivity contribution in [3.63, 3.8) is 0 Å². The second kappa shape index (κ2) is 7.40. The molecule has 0 bridgehead atoms. The first-order valence-electron chi connectivity index (χ1n) is 7.60. The standard InChI is InChI=1S/C16H19ClN4OS/c17-12-3-1-2-11(8-12)14-9-19-6-7-21(14)16(22)13-10-23-15(20-13)4-5-18/h1-3,8,10,14,19H,4-7,9,18H2. The van der Waals surface area contributed by atoms with Crippen LogP contribution in [-0.4, -0.2) is 42.0 Å². The van der Waals surface area contributed by atoms with E-state index >= 15 is 0 Å². The van der Waals surface area contributed by atoms with Crippen molar-refractivity contribution in [3.8, 4) is 0 Å². The highest BCUT2D eigenvalue weighted by atomic mass is 35.5. The van der Waals surface area contributed by atoms with Crippen LogP contribution in [0.1, 0.15) is 27.1 Å². The summed E-state index contributed by atoms with van der Waals surface area (Å²) in [7, 11) is 0. The molecular weight excluding hydrogens is 332 g/mol. The number of hydrogen-bond acceptors (Lipinski definition) is 5. The van der Waals surface area contributed by atoms with Crippen LogP contribution in [-0.2, 0) is 6.42 Å². The van der Waals surface area contributed by atoms with Crippen molar-refractivity contribution in [1.29, 1.82) is 0 Å². The Labute approximate surface area is 144 Å². The highest BCUT2D eigenvalue weighted by Gasteiger charge is 2.29. The SMILES string of the molecule is NCCc1nc(C(=O)N2CCNCC2c2cccc(Cl)c2)cs1. The van der Waals surface area contributed by atoms with Crippen molar-refractivity contribution in [3.05, 3.63) is 50.9 Å². The number of rotatable bonds is 4. The van der Waals surface area contributed by atoms with E-state index in [1.165, 1.54) is 11.3 Å². The molecule has 2 aromatic rings. The second-order valence-electron chi connectivity index (χ2n) is 5.44. The summed E-state index contributed by atoms with van der Waals surface area (Å²) >= 11 is 7.59. The molecule has 5 nitrogen and oxygen atoms in total. The number of halogens is 1. The zero-order chi connectivity index (χ0) is 16.2. The Morgan fingerprint density at radius 1 is 1.52 bits per heavy atom. The topological polar surface area (TPSA) is 71.2 Å². The summed E-state index contributed by atoms with van der Waals surface area (Å²) in [5, 5.41) is 6.75. The number of nitrogens with zero attached hydrogens (tertiary/aromatic N) is 2. The molecule has 1 fully saturated rings. The highest BCUT2D eigenvalue weighted by Crippen LogP contribution is 2.26. The summed E-state index contributed by atoms with van der Waals surface area (Å²) < 4.78 is 0. The van der Waals surface area contributed by atoms with Gasteiger partial charge in [-0.05, 0) is 24.2 Å². The van der Waals surface area contributed by atoms with Crippen molar-refractivity contribution < 1.29 is 4.79 Å². The van der Waals surface area contributed by atoms with Crippen LogP contribution in [0.25, 0.3) is 0 Å². The minimum Gasteiger partial charge on any atom is -0.330 e. The lowest BCUT2D eigenvalue weighted by atomic mass is 10.0. The third-order valence-corrected chi connectivity index (χ3v) is 5.01. The Kier molecular flexibility index (Phi) is 5.27. The van der Waals surface area contributed by atoms with Crippen molar-refractivity contribution in [2.24, 2.45) is 5.73 Å². The van der Waals surface area contributed by atoms with Crippen LogP contribution in [0.5, 0.6) is 0 Å². The monoisotopic (exact) mass is 350 g/mol. The van der Waals surface area contributed by atoms with Gasteiger partial charge in [0.25, 0.3) is 5.91 Å². The van der Waals surface area contributed by atoms with Gasteiger partial charge in [-0.2, -0.15) is 0 Å². The lowest BCUT2D eigenvalue weighted by Crippen LogP contribution is -2.48. The number of carbonyl (C=O) groups is 1. The number of benzene rings is 1. The Balaban J connectivity index is 1.84. The van der Waals surface area contributed by atoms with Gasteiger partial charge in [0.05, 0.1) is 11.0 Å². The molecule has 1 saturated heterocycles. The van der Waals surface area contributed by atoms with Crippen LogP contribution >= 0.6 is 22.9 Å². The average molecular weight is 351 g/mol. The van der Waals surface area contributed by atoms with Gasteiger partial charge in [-0.15, -0.1) is 11.3 Å². The number of amides is 1. The smallest absolute Gasteiger partial charge is 0.273 e. The first-order valence-corrected chi connectivity index (χ1v) is 8.86. The highest BCUT2D eigenvalue weighted by molar-refractivity contribution is 7.09. The van der Waals surface area contributed by atoms with Gasteiger partial charge in [0.15, 0.2) is 0 Å². The fourth-order valence-corrected chi connectivity index (χ4v) is 3.74. The summed E-state index contributed by atoms with van der Waals surface area (Å²) in [6.07, 6.45) is 0.706. The quantitative estimate of drug-likeness (QED) is 0.885. The van der Waals surface area contributed by atoms with Gasteiger partial charge >= 0.3 is 0 Å². The molecule has 122 valence electrons. The molecule has 3 rings (SSSR count). The lowest BCUT2D eigenvalue weighted by molar-refractivity contribution is 0.0629. The molecule has 2 heterocycles. The largest absolute Gasteiger partial charge is 0.330 e. The van der Waals surface area contributed by atoms with Gasteiger partial charge < -0.3 is 16.0 Å². The van der Waals surface area contributed by atoms with Gasteiger partial charge in [0.2, 0.25) is 0 Å². The van der Waals surface area contributed by atoms with Gasteiger partial charge in [-0.3, -0.25) is 4.79 Å². The maximum atomic E-state index is 12.9. The first-order chi connectivity index (χ1) is 11.2. The normalized spacial score (nSPS) is 18.2. The van der Waals surface area contributed by atoms with Crippen LogP contribution in [0.3, 0.4) is 0 Å². The minimum atomic E-state index is -0.0328. The second-order valence-corrected chi connectivity index (χ2v) is 6.82. The maximum Gasteiger partial charge on any atom is 0.273 e. The Morgan fingerprint density at radius 2 is 2.39 bits per heavy atom. The van der Waals surface area contributed by atoms with Crippen molar-refractivity contribution >= 4 is 28.8 Å². The number of nitrogens with one attached hydrogen (secondary N) is 1. The minimum absolute atomic E-state index is 0.0315. The number of nitrogens with two attached hydrogens (primary N) is 1. The van der Waals surface area contributed by atoms with Crippen molar-refractivity contribution in [2.45, 2.75) is 12.5 Å². The van der Waals surface area contributed by atoms with E-state index in [9.17, 15) is 4.79 Å². The molecule has 1 aromatic carbocycles. The van der Waals surface area contributed by atoms with E-state index in [2.05, 4.69) is 10.3 Å². The number of hydrogen-bond donors (Lipinski definition) is 2. The first kappa shape index (κ1) is 16.4. The number of piperazine rings is 1. The molecule has 23 heavy (non-hydrogen) atoms. The summed E-state index contributed by atoms with van der Waals surface area (Å²) in [6.45, 7) is 2.69. The molecular formula is C16H19ClN4OS. The number of aromatic nitrogens is 1. The predicted octanol–water partition coefficient (Wildman–Crippen LogP) is 2.08. The fraction of sp³-hybridized carbons (Fsp3) is 0.375. The van der Waals surface area contributed by atoms with Gasteiger partial charge in [-0.25, -0.2) is 4.98 Å². The molecule has 1 atom stereocenters. The molecule has 0 saturated carbocycles. The molecule has 0 radical (unpaired) electrons. The van der Waals surface area contributed by atoms with E-state index in [0.29, 0.717) is 36.8 Å². The third-order valence-electron chi connectivity index (χ3n) is 3.87. The van der Waals surface area contributed by atoms with E-state index in [1.54, 1.807) is 0 Å². The summed E-state index contributed by atoms with van der Waals surface area (Å²) in [6, 6.07) is 7.64. The van der Waals surface area contributed by atoms with E-state index in [1.807, 2.05) is 34.5 Å². The van der Waals surface area contributed by atoms with Crippen LogP contribution < -0.4 is 11.1 Å². The molecule has 0 aliphatic carbocycles. The van der Waals surface area contributed by atoms with E-state index < -0.39 is 0 Å². The van der Waals surface area contributed by atoms with Gasteiger partial charge in [0.1, 0.15) is 5.69 Å². The zero-order valence-electron chi connectivity index (χ0n) is 12.7. The van der Waals surface area contributed by atoms with Crippen LogP contribution in [0.15, 0.2) is 29.6 Å². The van der Waals surface area contributed by atoms with Crippen molar-refractivity contribution in [2.75, 3.05) is 26.2 Å². The average Bonchev–Trinajstić information content (AvgIpc) is 3.03. The molecule has 7 heteroatoms. The molecule has 1 amide bonds.